The molecule has 92 valence electrons. The second-order valence-electron chi connectivity index (χ2n) is 3.73. The van der Waals surface area contributed by atoms with E-state index in [1.54, 1.807) is 0 Å². The average molecular weight is 328 g/mol. The third-order valence-electron chi connectivity index (χ3n) is 2.62. The molecule has 0 atom stereocenters. The van der Waals surface area contributed by atoms with Crippen molar-refractivity contribution in [3.63, 3.8) is 0 Å². The lowest BCUT2D eigenvalue weighted by Crippen LogP contribution is -2.05. The summed E-state index contributed by atoms with van der Waals surface area (Å²) in [7, 11) is 0. The minimum Gasteiger partial charge on any atom is -0.343 e. The summed E-state index contributed by atoms with van der Waals surface area (Å²) in [5.74, 6) is 1.72. The molecule has 2 aromatic heterocycles. The van der Waals surface area contributed by atoms with Crippen LogP contribution < -0.4 is 0 Å². The van der Waals surface area contributed by atoms with Crippen molar-refractivity contribution in [1.29, 1.82) is 0 Å². The van der Waals surface area contributed by atoms with Crippen molar-refractivity contribution in [3.05, 3.63) is 40.7 Å². The molecule has 0 aliphatic rings. The van der Waals surface area contributed by atoms with Gasteiger partial charge in [-0.3, -0.25) is 0 Å². The summed E-state index contributed by atoms with van der Waals surface area (Å²) in [5, 5.41) is 3.81. The van der Waals surface area contributed by atoms with Crippen molar-refractivity contribution in [2.45, 2.75) is 12.4 Å². The minimum absolute atomic E-state index is 0.337. The summed E-state index contributed by atoms with van der Waals surface area (Å²) in [6, 6.07) is 5.90. The minimum atomic E-state index is 0.337. The maximum atomic E-state index is 5.92. The lowest BCUT2D eigenvalue weighted by Gasteiger charge is -2.04. The highest BCUT2D eigenvalue weighted by Crippen LogP contribution is 2.22. The van der Waals surface area contributed by atoms with Gasteiger partial charge >= 0.3 is 0 Å². The molecular formula is C11H8BrClN4O. The zero-order valence-electron chi connectivity index (χ0n) is 9.18. The van der Waals surface area contributed by atoms with Gasteiger partial charge in [0.25, 0.3) is 0 Å². The van der Waals surface area contributed by atoms with Gasteiger partial charge in [0.15, 0.2) is 5.82 Å². The number of nitrogens with zero attached hydrogens (tertiary/aromatic N) is 4. The normalized spacial score (nSPS) is 11.2. The molecule has 18 heavy (non-hydrogen) atoms. The van der Waals surface area contributed by atoms with E-state index in [0.29, 0.717) is 18.2 Å². The second kappa shape index (κ2) is 4.70. The molecule has 0 bridgehead atoms. The van der Waals surface area contributed by atoms with Crippen LogP contribution in [-0.4, -0.2) is 19.7 Å². The first-order chi connectivity index (χ1) is 8.78. The molecule has 1 aromatic carbocycles. The van der Waals surface area contributed by atoms with Crippen LogP contribution in [0.3, 0.4) is 0 Å². The van der Waals surface area contributed by atoms with E-state index in [1.807, 2.05) is 22.8 Å². The number of hydrogen-bond donors (Lipinski definition) is 0. The van der Waals surface area contributed by atoms with E-state index in [0.717, 1.165) is 21.3 Å². The Morgan fingerprint density at radius 1 is 1.39 bits per heavy atom. The highest BCUT2D eigenvalue weighted by molar-refractivity contribution is 9.10. The van der Waals surface area contributed by atoms with Crippen LogP contribution in [0.2, 0.25) is 0 Å². The largest absolute Gasteiger partial charge is 0.343 e. The van der Waals surface area contributed by atoms with Crippen molar-refractivity contribution in [1.82, 2.24) is 19.7 Å². The van der Waals surface area contributed by atoms with E-state index in [1.165, 1.54) is 6.39 Å². The number of benzene rings is 1. The summed E-state index contributed by atoms with van der Waals surface area (Å²) in [5.41, 5.74) is 1.89. The number of hydrogen-bond acceptors (Lipinski definition) is 4. The zero-order chi connectivity index (χ0) is 12.5. The Hall–Kier alpha value is -1.40. The van der Waals surface area contributed by atoms with Crippen LogP contribution in [0.4, 0.5) is 0 Å². The molecule has 0 radical (unpaired) electrons. The van der Waals surface area contributed by atoms with Crippen LogP contribution in [-0.2, 0) is 12.4 Å². The highest BCUT2D eigenvalue weighted by Gasteiger charge is 2.12. The summed E-state index contributed by atoms with van der Waals surface area (Å²) in [6.07, 6.45) is 1.31. The Balaban J connectivity index is 2.15. The van der Waals surface area contributed by atoms with Crippen LogP contribution >= 0.6 is 27.5 Å². The zero-order valence-corrected chi connectivity index (χ0v) is 11.5. The van der Waals surface area contributed by atoms with Gasteiger partial charge in [-0.15, -0.1) is 11.6 Å². The fraction of sp³-hybridized carbons (Fsp3) is 0.182. The molecule has 2 heterocycles. The van der Waals surface area contributed by atoms with Crippen molar-refractivity contribution < 1.29 is 4.52 Å². The molecule has 7 heteroatoms. The number of imidazole rings is 1. The van der Waals surface area contributed by atoms with E-state index in [-0.39, 0.29) is 0 Å². The standard InChI is InChI=1S/C11H8BrClN4O/c12-7-1-2-8-9(3-7)17(11(4-13)15-8)5-10-14-6-18-16-10/h1-3,6H,4-5H2. The van der Waals surface area contributed by atoms with Crippen molar-refractivity contribution in [2.75, 3.05) is 0 Å². The Kier molecular flexibility index (Phi) is 3.05. The number of aromatic nitrogens is 4. The molecule has 0 fully saturated rings. The summed E-state index contributed by atoms with van der Waals surface area (Å²) in [6.45, 7) is 0.492. The monoisotopic (exact) mass is 326 g/mol. The van der Waals surface area contributed by atoms with E-state index in [4.69, 9.17) is 16.1 Å². The highest BCUT2D eigenvalue weighted by atomic mass is 79.9. The van der Waals surface area contributed by atoms with Crippen LogP contribution in [0.5, 0.6) is 0 Å². The van der Waals surface area contributed by atoms with E-state index in [9.17, 15) is 0 Å². The maximum absolute atomic E-state index is 5.92. The molecule has 0 unspecified atom stereocenters. The SMILES string of the molecule is ClCc1nc2ccc(Br)cc2n1Cc1ncon1. The third-order valence-corrected chi connectivity index (χ3v) is 3.35. The second-order valence-corrected chi connectivity index (χ2v) is 4.91. The first kappa shape index (κ1) is 11.7. The molecule has 0 N–H and O–H groups in total. The van der Waals surface area contributed by atoms with Gasteiger partial charge in [-0.25, -0.2) is 4.98 Å². The first-order valence-corrected chi connectivity index (χ1v) is 6.56. The predicted octanol–water partition coefficient (Wildman–Crippen LogP) is 2.97. The molecule has 3 rings (SSSR count). The van der Waals surface area contributed by atoms with Gasteiger partial charge in [0.2, 0.25) is 6.39 Å². The van der Waals surface area contributed by atoms with Crippen LogP contribution in [0.25, 0.3) is 11.0 Å². The smallest absolute Gasteiger partial charge is 0.213 e. The fourth-order valence-corrected chi connectivity index (χ4v) is 2.38. The summed E-state index contributed by atoms with van der Waals surface area (Å²) in [4.78, 5) is 8.49. The molecule has 0 amide bonds. The Labute approximate surface area is 116 Å². The lowest BCUT2D eigenvalue weighted by molar-refractivity contribution is 0.408. The van der Waals surface area contributed by atoms with Gasteiger partial charge in [0.05, 0.1) is 23.5 Å². The molecule has 0 aliphatic carbocycles. The first-order valence-electron chi connectivity index (χ1n) is 5.24. The van der Waals surface area contributed by atoms with E-state index >= 15 is 0 Å². The van der Waals surface area contributed by atoms with Crippen LogP contribution in [0.1, 0.15) is 11.6 Å². The van der Waals surface area contributed by atoms with Crippen molar-refractivity contribution in [3.8, 4) is 0 Å². The van der Waals surface area contributed by atoms with Gasteiger partial charge < -0.3 is 9.09 Å². The van der Waals surface area contributed by atoms with Gasteiger partial charge in [0, 0.05) is 4.47 Å². The molecular weight excluding hydrogens is 320 g/mol. The molecule has 5 nitrogen and oxygen atoms in total. The maximum Gasteiger partial charge on any atom is 0.213 e. The lowest BCUT2D eigenvalue weighted by atomic mass is 10.3. The van der Waals surface area contributed by atoms with Crippen molar-refractivity contribution >= 4 is 38.6 Å². The third kappa shape index (κ3) is 2.02. The van der Waals surface area contributed by atoms with Gasteiger partial charge in [-0.2, -0.15) is 4.98 Å². The number of halogens is 2. The fourth-order valence-electron chi connectivity index (χ4n) is 1.83. The average Bonchev–Trinajstić information content (AvgIpc) is 2.98. The van der Waals surface area contributed by atoms with Gasteiger partial charge in [-0.05, 0) is 18.2 Å². The topological polar surface area (TPSA) is 56.7 Å². The quantitative estimate of drug-likeness (QED) is 0.694. The predicted molar refractivity (Wildman–Crippen MR) is 70.4 cm³/mol. The number of fused-ring (bicyclic) bond motifs is 1. The molecule has 0 aliphatic heterocycles. The van der Waals surface area contributed by atoms with E-state index in [2.05, 4.69) is 31.1 Å². The molecule has 3 aromatic rings. The van der Waals surface area contributed by atoms with E-state index < -0.39 is 0 Å². The van der Waals surface area contributed by atoms with Gasteiger partial charge in [-0.1, -0.05) is 21.1 Å². The van der Waals surface area contributed by atoms with Crippen LogP contribution in [0, 0.1) is 0 Å². The molecule has 0 saturated heterocycles. The summed E-state index contributed by atoms with van der Waals surface area (Å²) >= 11 is 9.38. The van der Waals surface area contributed by atoms with Gasteiger partial charge in [0.1, 0.15) is 5.82 Å². The Morgan fingerprint density at radius 2 is 2.28 bits per heavy atom. The van der Waals surface area contributed by atoms with Crippen molar-refractivity contribution in [2.24, 2.45) is 0 Å². The number of rotatable bonds is 3. The number of alkyl halides is 1. The summed E-state index contributed by atoms with van der Waals surface area (Å²) < 4.78 is 7.71. The van der Waals surface area contributed by atoms with Crippen LogP contribution in [0.15, 0.2) is 33.6 Å². The molecule has 0 saturated carbocycles. The molecule has 0 spiro atoms. The Morgan fingerprint density at radius 3 is 3.00 bits per heavy atom. The Bertz CT molecular complexity index is 680.